The van der Waals surface area contributed by atoms with Crippen molar-refractivity contribution in [3.05, 3.63) is 5.82 Å². The predicted molar refractivity (Wildman–Crippen MR) is 80.4 cm³/mol. The summed E-state index contributed by atoms with van der Waals surface area (Å²) in [5.74, 6) is 0.957. The molecular formula is C14H27N3S. The summed E-state index contributed by atoms with van der Waals surface area (Å²) in [5.41, 5.74) is 0. The van der Waals surface area contributed by atoms with Gasteiger partial charge in [0.25, 0.3) is 0 Å². The maximum atomic E-state index is 4.39. The first-order valence-electron chi connectivity index (χ1n) is 7.43. The van der Waals surface area contributed by atoms with Crippen LogP contribution < -0.4 is 5.32 Å². The molecule has 1 heterocycles. The Morgan fingerprint density at radius 2 is 1.61 bits per heavy atom. The first-order valence-corrected chi connectivity index (χ1v) is 8.20. The fourth-order valence-electron chi connectivity index (χ4n) is 1.92. The molecule has 0 spiro atoms. The molecule has 0 aliphatic carbocycles. The first-order chi connectivity index (χ1) is 8.86. The number of anilines is 1. The van der Waals surface area contributed by atoms with Crippen molar-refractivity contribution < 1.29 is 0 Å². The van der Waals surface area contributed by atoms with E-state index in [1.807, 2.05) is 0 Å². The summed E-state index contributed by atoms with van der Waals surface area (Å²) in [6, 6.07) is 0. The van der Waals surface area contributed by atoms with Crippen LogP contribution in [0.3, 0.4) is 0 Å². The number of aromatic nitrogens is 2. The van der Waals surface area contributed by atoms with E-state index < -0.39 is 0 Å². The van der Waals surface area contributed by atoms with Gasteiger partial charge in [-0.2, -0.15) is 4.37 Å². The van der Waals surface area contributed by atoms with Gasteiger partial charge in [-0.3, -0.25) is 0 Å². The average Bonchev–Trinajstić information content (AvgIpc) is 2.85. The lowest BCUT2D eigenvalue weighted by molar-refractivity contribution is 0.581. The maximum Gasteiger partial charge on any atom is 0.202 e. The fourth-order valence-corrected chi connectivity index (χ4v) is 2.60. The highest BCUT2D eigenvalue weighted by atomic mass is 32.1. The molecule has 0 aliphatic rings. The van der Waals surface area contributed by atoms with E-state index in [2.05, 4.69) is 28.5 Å². The van der Waals surface area contributed by atoms with Crippen LogP contribution in [0.25, 0.3) is 0 Å². The van der Waals surface area contributed by atoms with Gasteiger partial charge in [0, 0.05) is 24.5 Å². The molecule has 104 valence electrons. The molecule has 0 amide bonds. The molecule has 18 heavy (non-hydrogen) atoms. The smallest absolute Gasteiger partial charge is 0.202 e. The van der Waals surface area contributed by atoms with Crippen molar-refractivity contribution >= 4 is 16.7 Å². The molecule has 0 unspecified atom stereocenters. The summed E-state index contributed by atoms with van der Waals surface area (Å²) in [4.78, 5) is 4.39. The highest BCUT2D eigenvalue weighted by molar-refractivity contribution is 7.09. The lowest BCUT2D eigenvalue weighted by Crippen LogP contribution is -2.01. The zero-order valence-corrected chi connectivity index (χ0v) is 12.7. The lowest BCUT2D eigenvalue weighted by atomic mass is 10.1. The lowest BCUT2D eigenvalue weighted by Gasteiger charge is -2.02. The van der Waals surface area contributed by atoms with E-state index in [-0.39, 0.29) is 0 Å². The Hall–Kier alpha value is -0.640. The Morgan fingerprint density at radius 1 is 0.944 bits per heavy atom. The second kappa shape index (κ2) is 10.3. The molecule has 0 saturated heterocycles. The number of hydrogen-bond donors (Lipinski definition) is 1. The molecular weight excluding hydrogens is 242 g/mol. The zero-order valence-electron chi connectivity index (χ0n) is 11.9. The van der Waals surface area contributed by atoms with Crippen molar-refractivity contribution in [3.63, 3.8) is 0 Å². The summed E-state index contributed by atoms with van der Waals surface area (Å²) < 4.78 is 4.26. The molecule has 1 rings (SSSR count). The number of nitrogens with zero attached hydrogens (tertiary/aromatic N) is 2. The van der Waals surface area contributed by atoms with Crippen LogP contribution in [-0.4, -0.2) is 15.9 Å². The summed E-state index contributed by atoms with van der Waals surface area (Å²) >= 11 is 1.48. The number of hydrogen-bond acceptors (Lipinski definition) is 4. The van der Waals surface area contributed by atoms with E-state index in [0.29, 0.717) is 0 Å². The molecule has 0 fully saturated rings. The maximum absolute atomic E-state index is 4.39. The average molecular weight is 269 g/mol. The van der Waals surface area contributed by atoms with Crippen molar-refractivity contribution in [3.8, 4) is 0 Å². The summed E-state index contributed by atoms with van der Waals surface area (Å²) in [6.07, 6.45) is 11.9. The van der Waals surface area contributed by atoms with Crippen molar-refractivity contribution in [1.82, 2.24) is 9.36 Å². The standard InChI is InChI=1S/C14H27N3S/c1-3-5-6-7-8-9-10-11-12-15-14-16-13(4-2)17-18-14/h3-12H2,1-2H3,(H,15,16,17). The third kappa shape index (κ3) is 6.94. The van der Waals surface area contributed by atoms with Gasteiger partial charge >= 0.3 is 0 Å². The van der Waals surface area contributed by atoms with Crippen molar-refractivity contribution in [2.75, 3.05) is 11.9 Å². The van der Waals surface area contributed by atoms with Gasteiger partial charge in [-0.1, -0.05) is 58.8 Å². The molecule has 0 saturated carbocycles. The van der Waals surface area contributed by atoms with Crippen molar-refractivity contribution in [2.45, 2.75) is 71.6 Å². The number of nitrogens with one attached hydrogen (secondary N) is 1. The Balaban J connectivity index is 1.89. The molecule has 1 aromatic rings. The third-order valence-corrected chi connectivity index (χ3v) is 3.80. The van der Waals surface area contributed by atoms with Gasteiger partial charge in [-0.15, -0.1) is 0 Å². The quantitative estimate of drug-likeness (QED) is 0.594. The van der Waals surface area contributed by atoms with Crippen molar-refractivity contribution in [1.29, 1.82) is 0 Å². The van der Waals surface area contributed by atoms with Gasteiger partial charge in [0.2, 0.25) is 5.13 Å². The van der Waals surface area contributed by atoms with Crippen molar-refractivity contribution in [2.24, 2.45) is 0 Å². The van der Waals surface area contributed by atoms with Gasteiger partial charge in [-0.25, -0.2) is 4.98 Å². The minimum absolute atomic E-state index is 0.927. The highest BCUT2D eigenvalue weighted by Crippen LogP contribution is 2.12. The Kier molecular flexibility index (Phi) is 8.82. The minimum atomic E-state index is 0.927. The summed E-state index contributed by atoms with van der Waals surface area (Å²) in [6.45, 7) is 5.39. The molecule has 0 aliphatic heterocycles. The number of unbranched alkanes of at least 4 members (excludes halogenated alkanes) is 7. The SMILES string of the molecule is CCCCCCCCCCNc1nc(CC)ns1. The predicted octanol–water partition coefficient (Wildman–Crippen LogP) is 4.65. The molecule has 4 heteroatoms. The minimum Gasteiger partial charge on any atom is -0.360 e. The first kappa shape index (κ1) is 15.4. The van der Waals surface area contributed by atoms with Crippen LogP contribution in [0.5, 0.6) is 0 Å². The monoisotopic (exact) mass is 269 g/mol. The van der Waals surface area contributed by atoms with E-state index in [1.54, 1.807) is 0 Å². The summed E-state index contributed by atoms with van der Waals surface area (Å²) in [7, 11) is 0. The number of rotatable bonds is 11. The van der Waals surface area contributed by atoms with Gasteiger partial charge < -0.3 is 5.32 Å². The van der Waals surface area contributed by atoms with Crippen LogP contribution in [0.15, 0.2) is 0 Å². The molecule has 0 atom stereocenters. The van der Waals surface area contributed by atoms with Crippen LogP contribution >= 0.6 is 11.5 Å². The Labute approximate surface area is 116 Å². The Bertz CT molecular complexity index is 299. The van der Waals surface area contributed by atoms with E-state index in [1.165, 1.54) is 62.9 Å². The molecule has 1 aromatic heterocycles. The van der Waals surface area contributed by atoms with Gasteiger partial charge in [0.05, 0.1) is 0 Å². The van der Waals surface area contributed by atoms with E-state index in [4.69, 9.17) is 0 Å². The topological polar surface area (TPSA) is 37.8 Å². The summed E-state index contributed by atoms with van der Waals surface area (Å²) in [5, 5.41) is 4.34. The highest BCUT2D eigenvalue weighted by Gasteiger charge is 2.00. The Morgan fingerprint density at radius 3 is 2.22 bits per heavy atom. The van der Waals surface area contributed by atoms with Crippen LogP contribution in [-0.2, 0) is 6.42 Å². The third-order valence-electron chi connectivity index (χ3n) is 3.09. The van der Waals surface area contributed by atoms with E-state index >= 15 is 0 Å². The van der Waals surface area contributed by atoms with Gasteiger partial charge in [0.1, 0.15) is 5.82 Å². The number of aryl methyl sites for hydroxylation is 1. The largest absolute Gasteiger partial charge is 0.360 e. The van der Waals surface area contributed by atoms with Crippen LogP contribution in [0.4, 0.5) is 5.13 Å². The van der Waals surface area contributed by atoms with Crippen LogP contribution in [0.2, 0.25) is 0 Å². The molecule has 3 nitrogen and oxygen atoms in total. The second-order valence-corrected chi connectivity index (χ2v) is 5.52. The van der Waals surface area contributed by atoms with Gasteiger partial charge in [0.15, 0.2) is 0 Å². The van der Waals surface area contributed by atoms with Gasteiger partial charge in [-0.05, 0) is 6.42 Å². The molecule has 1 N–H and O–H groups in total. The molecule has 0 radical (unpaired) electrons. The van der Waals surface area contributed by atoms with Crippen LogP contribution in [0.1, 0.15) is 71.0 Å². The fraction of sp³-hybridized carbons (Fsp3) is 0.857. The van der Waals surface area contributed by atoms with Crippen LogP contribution in [0, 0.1) is 0 Å². The van der Waals surface area contributed by atoms with E-state index in [9.17, 15) is 0 Å². The normalized spacial score (nSPS) is 10.8. The zero-order chi connectivity index (χ0) is 13.1. The van der Waals surface area contributed by atoms with E-state index in [0.717, 1.165) is 23.9 Å². The second-order valence-electron chi connectivity index (χ2n) is 4.77. The molecule has 0 bridgehead atoms. The molecule has 0 aromatic carbocycles.